The van der Waals surface area contributed by atoms with Crippen LogP contribution in [-0.4, -0.2) is 67.3 Å². The largest absolute Gasteiger partial charge is 0.496 e. The van der Waals surface area contributed by atoms with Gasteiger partial charge in [0, 0.05) is 36.5 Å². The second kappa shape index (κ2) is 8.91. The smallest absolute Gasteiger partial charge is 0.256 e. The number of hydrogen-bond donors (Lipinski definition) is 2. The third-order valence-electron chi connectivity index (χ3n) is 6.02. The van der Waals surface area contributed by atoms with Gasteiger partial charge in [-0.25, -0.2) is 12.7 Å². The van der Waals surface area contributed by atoms with E-state index < -0.39 is 16.1 Å². The summed E-state index contributed by atoms with van der Waals surface area (Å²) in [6, 6.07) is 0.884. The molecule has 0 saturated heterocycles. The summed E-state index contributed by atoms with van der Waals surface area (Å²) in [6.07, 6.45) is 6.27. The summed E-state index contributed by atoms with van der Waals surface area (Å²) in [6.45, 7) is 5.40. The number of ether oxygens (including phenoxy) is 1. The second-order valence-electron chi connectivity index (χ2n) is 8.08. The molecule has 1 aromatic rings. The summed E-state index contributed by atoms with van der Waals surface area (Å²) in [7, 11) is -0.449. The summed E-state index contributed by atoms with van der Waals surface area (Å²) >= 11 is 0. The van der Waals surface area contributed by atoms with Crippen molar-refractivity contribution in [2.45, 2.75) is 39.4 Å². The van der Waals surface area contributed by atoms with Crippen LogP contribution >= 0.6 is 0 Å². The fraction of sp³-hybridized carbons (Fsp3) is 0.476. The summed E-state index contributed by atoms with van der Waals surface area (Å²) in [5.41, 5.74) is 1.74. The lowest BCUT2D eigenvalue weighted by Crippen LogP contribution is -2.49. The lowest BCUT2D eigenvalue weighted by atomic mass is 9.91. The third-order valence-corrected chi connectivity index (χ3v) is 7.39. The van der Waals surface area contributed by atoms with Crippen molar-refractivity contribution in [1.29, 1.82) is 0 Å². The van der Waals surface area contributed by atoms with Crippen molar-refractivity contribution in [3.8, 4) is 5.75 Å². The average molecular weight is 464 g/mol. The minimum absolute atomic E-state index is 0.0163. The molecule has 32 heavy (non-hydrogen) atoms. The molecule has 3 unspecified atom stereocenters. The van der Waals surface area contributed by atoms with Crippen LogP contribution in [-0.2, 0) is 21.4 Å². The SMILES string of the molecule is COc1cc(C)[nH]c(=O)c1CNC(=O)C1=C2C=CC=NN2C(C(C)N(C)S(C)(=O)=O)C1C. The Kier molecular flexibility index (Phi) is 6.61. The van der Waals surface area contributed by atoms with Gasteiger partial charge < -0.3 is 15.0 Å². The summed E-state index contributed by atoms with van der Waals surface area (Å²) in [5.74, 6) is -0.269. The molecule has 0 saturated carbocycles. The van der Waals surface area contributed by atoms with Crippen LogP contribution < -0.4 is 15.6 Å². The first-order valence-electron chi connectivity index (χ1n) is 10.2. The number of hydrogen-bond acceptors (Lipinski definition) is 7. The first kappa shape index (κ1) is 23.7. The van der Waals surface area contributed by atoms with E-state index in [9.17, 15) is 18.0 Å². The maximum absolute atomic E-state index is 13.2. The summed E-state index contributed by atoms with van der Waals surface area (Å²) in [4.78, 5) is 28.3. The van der Waals surface area contributed by atoms with Gasteiger partial charge in [-0.2, -0.15) is 5.10 Å². The van der Waals surface area contributed by atoms with E-state index in [1.165, 1.54) is 18.5 Å². The predicted octanol–water partition coefficient (Wildman–Crippen LogP) is 0.718. The number of fused-ring (bicyclic) bond motifs is 1. The quantitative estimate of drug-likeness (QED) is 0.614. The Labute approximate surface area is 187 Å². The predicted molar refractivity (Wildman–Crippen MR) is 122 cm³/mol. The molecule has 10 nitrogen and oxygen atoms in total. The molecule has 11 heteroatoms. The van der Waals surface area contributed by atoms with Crippen molar-refractivity contribution in [1.82, 2.24) is 19.6 Å². The second-order valence-corrected chi connectivity index (χ2v) is 10.1. The fourth-order valence-electron chi connectivity index (χ4n) is 4.21. The van der Waals surface area contributed by atoms with Crippen LogP contribution in [0.25, 0.3) is 0 Å². The topological polar surface area (TPSA) is 124 Å². The molecule has 1 amide bonds. The zero-order valence-electron chi connectivity index (χ0n) is 19.0. The molecule has 0 radical (unpaired) electrons. The number of carbonyl (C=O) groups excluding carboxylic acids is 1. The number of carbonyl (C=O) groups is 1. The average Bonchev–Trinajstić information content (AvgIpc) is 3.02. The summed E-state index contributed by atoms with van der Waals surface area (Å²) < 4.78 is 30.8. The number of H-pyrrole nitrogens is 1. The van der Waals surface area contributed by atoms with Gasteiger partial charge in [-0.1, -0.05) is 6.92 Å². The van der Waals surface area contributed by atoms with E-state index >= 15 is 0 Å². The van der Waals surface area contributed by atoms with Gasteiger partial charge in [-0.15, -0.1) is 0 Å². The Morgan fingerprint density at radius 3 is 2.75 bits per heavy atom. The molecule has 0 aromatic carbocycles. The van der Waals surface area contributed by atoms with Crippen molar-refractivity contribution in [2.75, 3.05) is 20.4 Å². The lowest BCUT2D eigenvalue weighted by molar-refractivity contribution is -0.118. The number of amides is 1. The van der Waals surface area contributed by atoms with Crippen molar-refractivity contribution < 1.29 is 17.9 Å². The van der Waals surface area contributed by atoms with Gasteiger partial charge in [0.15, 0.2) is 0 Å². The van der Waals surface area contributed by atoms with Crippen LogP contribution in [0.1, 0.15) is 25.1 Å². The Morgan fingerprint density at radius 1 is 1.44 bits per heavy atom. The number of sulfonamides is 1. The van der Waals surface area contributed by atoms with Crippen molar-refractivity contribution in [3.05, 3.63) is 51.1 Å². The minimum atomic E-state index is -3.44. The molecule has 0 spiro atoms. The van der Waals surface area contributed by atoms with Crippen LogP contribution in [0.4, 0.5) is 0 Å². The van der Waals surface area contributed by atoms with E-state index in [0.29, 0.717) is 28.3 Å². The number of hydrazone groups is 1. The van der Waals surface area contributed by atoms with Crippen molar-refractivity contribution in [2.24, 2.45) is 11.0 Å². The first-order chi connectivity index (χ1) is 15.0. The number of rotatable bonds is 7. The number of nitrogens with zero attached hydrogens (tertiary/aromatic N) is 3. The van der Waals surface area contributed by atoms with Gasteiger partial charge in [0.2, 0.25) is 15.9 Å². The lowest BCUT2D eigenvalue weighted by Gasteiger charge is -2.35. The molecule has 3 heterocycles. The Hall–Kier alpha value is -2.92. The molecule has 2 N–H and O–H groups in total. The van der Waals surface area contributed by atoms with Gasteiger partial charge in [-0.3, -0.25) is 14.6 Å². The normalized spacial score (nSPS) is 21.2. The van der Waals surface area contributed by atoms with E-state index in [1.807, 2.05) is 6.92 Å². The Bertz CT molecular complexity index is 1170. The van der Waals surface area contributed by atoms with E-state index in [4.69, 9.17) is 4.74 Å². The highest BCUT2D eigenvalue weighted by Crippen LogP contribution is 2.39. The molecule has 174 valence electrons. The molecule has 1 aromatic heterocycles. The van der Waals surface area contributed by atoms with Crippen LogP contribution in [0, 0.1) is 12.8 Å². The van der Waals surface area contributed by atoms with Crippen LogP contribution in [0.5, 0.6) is 5.75 Å². The highest BCUT2D eigenvalue weighted by atomic mass is 32.2. The molecule has 3 rings (SSSR count). The molecular weight excluding hydrogens is 434 g/mol. The molecule has 3 atom stereocenters. The Morgan fingerprint density at radius 2 is 2.12 bits per heavy atom. The highest BCUT2D eigenvalue weighted by molar-refractivity contribution is 7.88. The molecule has 2 aliphatic heterocycles. The molecule has 0 aliphatic carbocycles. The number of methoxy groups -OCH3 is 1. The number of aromatic amines is 1. The maximum atomic E-state index is 13.2. The number of aryl methyl sites for hydroxylation is 1. The van der Waals surface area contributed by atoms with E-state index in [1.54, 1.807) is 43.3 Å². The zero-order chi connectivity index (χ0) is 23.8. The van der Waals surface area contributed by atoms with Gasteiger partial charge in [0.25, 0.3) is 5.56 Å². The maximum Gasteiger partial charge on any atom is 0.256 e. The number of pyridine rings is 1. The minimum Gasteiger partial charge on any atom is -0.496 e. The van der Waals surface area contributed by atoms with Crippen LogP contribution in [0.3, 0.4) is 0 Å². The number of allylic oxidation sites excluding steroid dienone is 2. The first-order valence-corrected chi connectivity index (χ1v) is 12.0. The van der Waals surface area contributed by atoms with Gasteiger partial charge in [0.1, 0.15) is 5.75 Å². The van der Waals surface area contributed by atoms with Crippen molar-refractivity contribution >= 4 is 22.1 Å². The van der Waals surface area contributed by atoms with Gasteiger partial charge >= 0.3 is 0 Å². The summed E-state index contributed by atoms with van der Waals surface area (Å²) in [5, 5.41) is 8.91. The molecule has 0 fully saturated rings. The number of nitrogens with one attached hydrogen (secondary N) is 2. The zero-order valence-corrected chi connectivity index (χ0v) is 19.9. The van der Waals surface area contributed by atoms with Crippen molar-refractivity contribution in [3.63, 3.8) is 0 Å². The van der Waals surface area contributed by atoms with Crippen LogP contribution in [0.2, 0.25) is 0 Å². The molecule has 0 bridgehead atoms. The van der Waals surface area contributed by atoms with Gasteiger partial charge in [0.05, 0.1) is 37.2 Å². The van der Waals surface area contributed by atoms with E-state index in [0.717, 1.165) is 6.26 Å². The molecule has 2 aliphatic rings. The fourth-order valence-corrected chi connectivity index (χ4v) is 4.94. The standard InChI is InChI=1S/C21H29N5O5S/c1-12-10-17(31-5)15(20(27)24-12)11-22-21(28)18-13(2)19(14(3)25(4)32(6,29)30)26-16(18)8-7-9-23-26/h7-10,13-14,19H,11H2,1-6H3,(H,22,28)(H,24,27). The number of aromatic nitrogens is 1. The highest BCUT2D eigenvalue weighted by Gasteiger charge is 2.45. The van der Waals surface area contributed by atoms with E-state index in [2.05, 4.69) is 15.4 Å². The van der Waals surface area contributed by atoms with Crippen LogP contribution in [0.15, 0.2) is 39.4 Å². The number of likely N-dealkylation sites (N-methyl/N-ethyl adjacent to an activating group) is 1. The monoisotopic (exact) mass is 463 g/mol. The van der Waals surface area contributed by atoms with Gasteiger partial charge in [-0.05, 0) is 32.1 Å². The van der Waals surface area contributed by atoms with E-state index in [-0.39, 0.29) is 30.0 Å². The molecular formula is C21H29N5O5S. The third kappa shape index (κ3) is 4.35. The Balaban J connectivity index is 1.89.